The third-order valence-corrected chi connectivity index (χ3v) is 3.41. The fourth-order valence-electron chi connectivity index (χ4n) is 2.07. The van der Waals surface area contributed by atoms with Crippen molar-refractivity contribution in [3.05, 3.63) is 36.2 Å². The first-order valence-corrected chi connectivity index (χ1v) is 6.38. The molecule has 0 spiro atoms. The summed E-state index contributed by atoms with van der Waals surface area (Å²) in [6, 6.07) is 7.50. The largest absolute Gasteiger partial charge is 0.349 e. The van der Waals surface area contributed by atoms with Crippen LogP contribution < -0.4 is 5.32 Å². The highest BCUT2D eigenvalue weighted by Crippen LogP contribution is 2.32. The molecule has 6 nitrogen and oxygen atoms in total. The van der Waals surface area contributed by atoms with Gasteiger partial charge in [0.2, 0.25) is 0 Å². The predicted molar refractivity (Wildman–Crippen MR) is 68.8 cm³/mol. The molecule has 1 saturated carbocycles. The monoisotopic (exact) mass is 257 g/mol. The maximum absolute atomic E-state index is 12.1. The van der Waals surface area contributed by atoms with E-state index in [1.165, 1.54) is 23.9 Å². The number of hydrogen-bond acceptors (Lipinski definition) is 4. The molecular weight excluding hydrogens is 242 g/mol. The van der Waals surface area contributed by atoms with E-state index in [0.717, 1.165) is 5.69 Å². The third kappa shape index (κ3) is 2.62. The zero-order chi connectivity index (χ0) is 13.2. The van der Waals surface area contributed by atoms with Gasteiger partial charge in [-0.15, -0.1) is 5.10 Å². The van der Waals surface area contributed by atoms with Crippen molar-refractivity contribution in [2.45, 2.75) is 25.8 Å². The Morgan fingerprint density at radius 1 is 1.47 bits per heavy atom. The van der Waals surface area contributed by atoms with Crippen molar-refractivity contribution in [3.63, 3.8) is 0 Å². The normalized spacial score (nSPS) is 16.1. The van der Waals surface area contributed by atoms with Crippen molar-refractivity contribution in [1.29, 1.82) is 0 Å². The number of nitrogens with one attached hydrogen (secondary N) is 1. The molecule has 1 aliphatic carbocycles. The second kappa shape index (κ2) is 4.79. The molecule has 1 aromatic heterocycles. The molecule has 1 aromatic carbocycles. The second-order valence-corrected chi connectivity index (χ2v) is 4.90. The molecule has 98 valence electrons. The molecule has 1 aliphatic rings. The first-order chi connectivity index (χ1) is 9.24. The molecular formula is C13H15N5O. The number of benzene rings is 1. The van der Waals surface area contributed by atoms with Crippen LogP contribution in [0.1, 0.15) is 30.1 Å². The topological polar surface area (TPSA) is 72.7 Å². The van der Waals surface area contributed by atoms with E-state index in [1.54, 1.807) is 12.1 Å². The summed E-state index contributed by atoms with van der Waals surface area (Å²) in [5.74, 6) is 0.598. The molecule has 1 N–H and O–H groups in total. The van der Waals surface area contributed by atoms with Crippen LogP contribution in [0, 0.1) is 5.92 Å². The molecule has 1 heterocycles. The standard InChI is InChI=1S/C13H15N5O/c1-9(10-5-6-10)15-13(19)11-3-2-4-12(7-11)18-8-14-16-17-18/h2-4,7-10H,5-6H2,1H3,(H,15,19)/t9-/m1/s1. The first-order valence-electron chi connectivity index (χ1n) is 6.38. The van der Waals surface area contributed by atoms with Crippen molar-refractivity contribution in [1.82, 2.24) is 25.5 Å². The van der Waals surface area contributed by atoms with Gasteiger partial charge >= 0.3 is 0 Å². The summed E-state index contributed by atoms with van der Waals surface area (Å²) in [4.78, 5) is 12.1. The molecule has 2 aromatic rings. The average Bonchev–Trinajstić information content (AvgIpc) is 3.14. The van der Waals surface area contributed by atoms with Crippen molar-refractivity contribution in [3.8, 4) is 5.69 Å². The number of carbonyl (C=O) groups is 1. The molecule has 0 aliphatic heterocycles. The van der Waals surface area contributed by atoms with Crippen molar-refractivity contribution >= 4 is 5.91 Å². The minimum atomic E-state index is -0.0469. The molecule has 6 heteroatoms. The zero-order valence-electron chi connectivity index (χ0n) is 10.7. The van der Waals surface area contributed by atoms with Crippen molar-refractivity contribution < 1.29 is 4.79 Å². The molecule has 0 bridgehead atoms. The summed E-state index contributed by atoms with van der Waals surface area (Å²) in [5.41, 5.74) is 1.40. The van der Waals surface area contributed by atoms with Gasteiger partial charge < -0.3 is 5.32 Å². The molecule has 0 radical (unpaired) electrons. The van der Waals surface area contributed by atoms with Gasteiger partial charge in [0.05, 0.1) is 5.69 Å². The Morgan fingerprint density at radius 3 is 3.00 bits per heavy atom. The molecule has 1 fully saturated rings. The fraction of sp³-hybridized carbons (Fsp3) is 0.385. The van der Waals surface area contributed by atoms with Crippen LogP contribution >= 0.6 is 0 Å². The Labute approximate surface area is 110 Å². The Balaban J connectivity index is 1.77. The van der Waals surface area contributed by atoms with Gasteiger partial charge in [0.15, 0.2) is 0 Å². The van der Waals surface area contributed by atoms with Gasteiger partial charge in [-0.2, -0.15) is 0 Å². The van der Waals surface area contributed by atoms with Gasteiger partial charge in [-0.1, -0.05) is 6.07 Å². The van der Waals surface area contributed by atoms with Gasteiger partial charge in [0.25, 0.3) is 5.91 Å². The van der Waals surface area contributed by atoms with Crippen LogP contribution in [-0.4, -0.2) is 32.2 Å². The SMILES string of the molecule is C[C@@H](NC(=O)c1cccc(-n2cnnn2)c1)C1CC1. The average molecular weight is 257 g/mol. The number of aromatic nitrogens is 4. The minimum absolute atomic E-state index is 0.0469. The maximum Gasteiger partial charge on any atom is 0.251 e. The lowest BCUT2D eigenvalue weighted by Gasteiger charge is -2.13. The molecule has 0 saturated heterocycles. The Bertz CT molecular complexity index is 576. The van der Waals surface area contributed by atoms with Crippen molar-refractivity contribution in [2.24, 2.45) is 5.92 Å². The van der Waals surface area contributed by atoms with E-state index >= 15 is 0 Å². The maximum atomic E-state index is 12.1. The van der Waals surface area contributed by atoms with Crippen LogP contribution in [-0.2, 0) is 0 Å². The molecule has 1 amide bonds. The number of rotatable bonds is 4. The van der Waals surface area contributed by atoms with Crippen LogP contribution in [0.15, 0.2) is 30.6 Å². The summed E-state index contributed by atoms with van der Waals surface area (Å²) in [5, 5.41) is 14.0. The fourth-order valence-corrected chi connectivity index (χ4v) is 2.07. The lowest BCUT2D eigenvalue weighted by Crippen LogP contribution is -2.34. The van der Waals surface area contributed by atoms with Crippen LogP contribution in [0.2, 0.25) is 0 Å². The highest BCUT2D eigenvalue weighted by atomic mass is 16.1. The zero-order valence-corrected chi connectivity index (χ0v) is 10.7. The minimum Gasteiger partial charge on any atom is -0.349 e. The third-order valence-electron chi connectivity index (χ3n) is 3.41. The Kier molecular flexibility index (Phi) is 2.98. The van der Waals surface area contributed by atoms with E-state index < -0.39 is 0 Å². The quantitative estimate of drug-likeness (QED) is 0.893. The number of amides is 1. The predicted octanol–water partition coefficient (Wildman–Crippen LogP) is 1.19. The molecule has 1 atom stereocenters. The van der Waals surface area contributed by atoms with Crippen LogP contribution in [0.5, 0.6) is 0 Å². The van der Waals surface area contributed by atoms with Crippen molar-refractivity contribution in [2.75, 3.05) is 0 Å². The number of nitrogens with zero attached hydrogens (tertiary/aromatic N) is 4. The Hall–Kier alpha value is -2.24. The van der Waals surface area contributed by atoms with E-state index in [2.05, 4.69) is 27.8 Å². The number of hydrogen-bond donors (Lipinski definition) is 1. The van der Waals surface area contributed by atoms with E-state index in [-0.39, 0.29) is 11.9 Å². The number of tetrazole rings is 1. The van der Waals surface area contributed by atoms with Crippen LogP contribution in [0.3, 0.4) is 0 Å². The van der Waals surface area contributed by atoms with Gasteiger partial charge in [-0.25, -0.2) is 4.68 Å². The van der Waals surface area contributed by atoms with E-state index in [1.807, 2.05) is 12.1 Å². The van der Waals surface area contributed by atoms with Gasteiger partial charge in [-0.3, -0.25) is 4.79 Å². The van der Waals surface area contributed by atoms with Gasteiger partial charge in [0, 0.05) is 11.6 Å². The smallest absolute Gasteiger partial charge is 0.251 e. The lowest BCUT2D eigenvalue weighted by molar-refractivity contribution is 0.0936. The van der Waals surface area contributed by atoms with Gasteiger partial charge in [0.1, 0.15) is 6.33 Å². The summed E-state index contributed by atoms with van der Waals surface area (Å²) < 4.78 is 1.53. The highest BCUT2D eigenvalue weighted by molar-refractivity contribution is 5.94. The van der Waals surface area contributed by atoms with E-state index in [9.17, 15) is 4.79 Å². The molecule has 0 unspecified atom stereocenters. The molecule has 19 heavy (non-hydrogen) atoms. The Morgan fingerprint density at radius 2 is 2.32 bits per heavy atom. The van der Waals surface area contributed by atoms with Gasteiger partial charge in [-0.05, 0) is 54.3 Å². The lowest BCUT2D eigenvalue weighted by atomic mass is 10.1. The molecule has 3 rings (SSSR count). The summed E-state index contributed by atoms with van der Waals surface area (Å²) in [7, 11) is 0. The van der Waals surface area contributed by atoms with Crippen LogP contribution in [0.25, 0.3) is 5.69 Å². The summed E-state index contributed by atoms with van der Waals surface area (Å²) in [6.45, 7) is 2.06. The first kappa shape index (κ1) is 11.8. The van der Waals surface area contributed by atoms with E-state index in [4.69, 9.17) is 0 Å². The highest BCUT2D eigenvalue weighted by Gasteiger charge is 2.29. The second-order valence-electron chi connectivity index (χ2n) is 4.90. The van der Waals surface area contributed by atoms with Crippen LogP contribution in [0.4, 0.5) is 0 Å². The summed E-state index contributed by atoms with van der Waals surface area (Å²) in [6.07, 6.45) is 3.93. The summed E-state index contributed by atoms with van der Waals surface area (Å²) >= 11 is 0. The van der Waals surface area contributed by atoms with E-state index in [0.29, 0.717) is 11.5 Å². The number of carbonyl (C=O) groups excluding carboxylic acids is 1.